The Bertz CT molecular complexity index is 561. The van der Waals surface area contributed by atoms with E-state index in [1.54, 1.807) is 13.8 Å². The van der Waals surface area contributed by atoms with Gasteiger partial charge in [0.1, 0.15) is 5.75 Å². The van der Waals surface area contributed by atoms with Crippen molar-refractivity contribution in [3.8, 4) is 5.75 Å². The van der Waals surface area contributed by atoms with Crippen LogP contribution in [-0.4, -0.2) is 23.4 Å². The van der Waals surface area contributed by atoms with Gasteiger partial charge in [0, 0.05) is 18.2 Å². The van der Waals surface area contributed by atoms with Crippen molar-refractivity contribution >= 4 is 17.6 Å². The number of benzene rings is 1. The van der Waals surface area contributed by atoms with Gasteiger partial charge in [-0.1, -0.05) is 5.57 Å². The first kappa shape index (κ1) is 16.2. The number of amides is 1. The number of non-ortho nitro benzene ring substituents is 1. The Hall–Kier alpha value is -2.90. The number of hydrogen-bond acceptors (Lipinski definition) is 6. The van der Waals surface area contributed by atoms with Crippen LogP contribution in [0.1, 0.15) is 13.8 Å². The highest BCUT2D eigenvalue weighted by molar-refractivity contribution is 5.85. The Morgan fingerprint density at radius 1 is 1.29 bits per heavy atom. The van der Waals surface area contributed by atoms with E-state index in [0.29, 0.717) is 0 Å². The predicted molar refractivity (Wildman–Crippen MR) is 72.3 cm³/mol. The average molecular weight is 294 g/mol. The summed E-state index contributed by atoms with van der Waals surface area (Å²) < 4.78 is 5.07. The van der Waals surface area contributed by atoms with E-state index in [0.717, 1.165) is 5.57 Å². The molecular formula is C13H14N2O6. The Morgan fingerprint density at radius 2 is 1.90 bits per heavy atom. The molecule has 21 heavy (non-hydrogen) atoms. The van der Waals surface area contributed by atoms with Crippen molar-refractivity contribution in [3.63, 3.8) is 0 Å². The normalized spacial score (nSPS) is 9.43. The number of nitrogens with one attached hydrogen (secondary N) is 1. The standard InChI is InChI=1S/C13H14N2O6/c1-9(2)7-13(17)21-14-12(16)8-20-11-5-3-10(4-6-11)15(18)19/h3-7H,8H2,1-2H3,(H,14,16). The zero-order valence-corrected chi connectivity index (χ0v) is 11.5. The van der Waals surface area contributed by atoms with E-state index in [2.05, 4.69) is 4.84 Å². The molecule has 1 aromatic carbocycles. The molecule has 0 aliphatic heterocycles. The highest BCUT2D eigenvalue weighted by Gasteiger charge is 2.08. The molecule has 1 rings (SSSR count). The quantitative estimate of drug-likeness (QED) is 0.501. The second kappa shape index (κ2) is 7.63. The van der Waals surface area contributed by atoms with Crippen molar-refractivity contribution in [1.29, 1.82) is 0 Å². The van der Waals surface area contributed by atoms with Gasteiger partial charge in [0.15, 0.2) is 6.61 Å². The fraction of sp³-hybridized carbons (Fsp3) is 0.231. The molecule has 1 N–H and O–H groups in total. The van der Waals surface area contributed by atoms with Crippen LogP contribution in [0.4, 0.5) is 5.69 Å². The maximum absolute atomic E-state index is 11.3. The molecule has 0 saturated heterocycles. The molecule has 0 saturated carbocycles. The lowest BCUT2D eigenvalue weighted by Crippen LogP contribution is -2.30. The molecule has 1 amide bonds. The maximum Gasteiger partial charge on any atom is 0.355 e. The van der Waals surface area contributed by atoms with E-state index in [4.69, 9.17) is 4.74 Å². The van der Waals surface area contributed by atoms with E-state index in [9.17, 15) is 19.7 Å². The number of carbonyl (C=O) groups excluding carboxylic acids is 2. The van der Waals surface area contributed by atoms with Gasteiger partial charge in [-0.2, -0.15) is 5.48 Å². The summed E-state index contributed by atoms with van der Waals surface area (Å²) in [5, 5.41) is 10.5. The Balaban J connectivity index is 2.37. The second-order valence-corrected chi connectivity index (χ2v) is 4.21. The summed E-state index contributed by atoms with van der Waals surface area (Å²) >= 11 is 0. The zero-order valence-electron chi connectivity index (χ0n) is 11.5. The van der Waals surface area contributed by atoms with Crippen molar-refractivity contribution in [2.75, 3.05) is 6.61 Å². The number of nitro benzene ring substituents is 1. The van der Waals surface area contributed by atoms with Gasteiger partial charge in [0.05, 0.1) is 4.92 Å². The molecule has 0 aromatic heterocycles. The summed E-state index contributed by atoms with van der Waals surface area (Å²) in [6, 6.07) is 5.23. The van der Waals surface area contributed by atoms with Crippen LogP contribution in [0.5, 0.6) is 5.75 Å². The first-order valence-electron chi connectivity index (χ1n) is 5.90. The molecule has 0 aliphatic rings. The molecule has 0 fully saturated rings. The minimum absolute atomic E-state index is 0.0811. The molecule has 0 unspecified atom stereocenters. The number of carbonyl (C=O) groups is 2. The summed E-state index contributed by atoms with van der Waals surface area (Å²) in [6.45, 7) is 3.03. The van der Waals surface area contributed by atoms with Crippen molar-refractivity contribution in [3.05, 3.63) is 46.0 Å². The average Bonchev–Trinajstić information content (AvgIpc) is 2.42. The van der Waals surface area contributed by atoms with Crippen LogP contribution in [-0.2, 0) is 14.4 Å². The van der Waals surface area contributed by atoms with Crippen LogP contribution in [0.15, 0.2) is 35.9 Å². The highest BCUT2D eigenvalue weighted by atomic mass is 16.7. The van der Waals surface area contributed by atoms with Crippen molar-refractivity contribution in [2.24, 2.45) is 0 Å². The third-order valence-corrected chi connectivity index (χ3v) is 2.09. The number of ether oxygens (including phenoxy) is 1. The number of hydroxylamine groups is 1. The lowest BCUT2D eigenvalue weighted by molar-refractivity contribution is -0.384. The number of nitro groups is 1. The lowest BCUT2D eigenvalue weighted by Gasteiger charge is -2.06. The molecule has 112 valence electrons. The summed E-state index contributed by atoms with van der Waals surface area (Å²) in [5.74, 6) is -1.08. The molecule has 0 radical (unpaired) electrons. The van der Waals surface area contributed by atoms with Gasteiger partial charge in [0.2, 0.25) is 0 Å². The van der Waals surface area contributed by atoms with Gasteiger partial charge in [-0.15, -0.1) is 0 Å². The lowest BCUT2D eigenvalue weighted by atomic mass is 10.3. The Morgan fingerprint density at radius 3 is 2.43 bits per heavy atom. The molecule has 0 atom stereocenters. The summed E-state index contributed by atoms with van der Waals surface area (Å²) in [7, 11) is 0. The molecule has 0 heterocycles. The van der Waals surface area contributed by atoms with E-state index >= 15 is 0 Å². The molecular weight excluding hydrogens is 280 g/mol. The fourth-order valence-corrected chi connectivity index (χ4v) is 1.21. The largest absolute Gasteiger partial charge is 0.484 e. The highest BCUT2D eigenvalue weighted by Crippen LogP contribution is 2.16. The minimum atomic E-state index is -0.696. The van der Waals surface area contributed by atoms with E-state index in [1.165, 1.54) is 30.3 Å². The van der Waals surface area contributed by atoms with Gasteiger partial charge in [-0.25, -0.2) is 4.79 Å². The topological polar surface area (TPSA) is 108 Å². The Kier molecular flexibility index (Phi) is 5.87. The summed E-state index contributed by atoms with van der Waals surface area (Å²) in [6.07, 6.45) is 1.22. The number of nitrogens with zero attached hydrogens (tertiary/aromatic N) is 1. The number of rotatable bonds is 5. The molecule has 0 aliphatic carbocycles. The summed E-state index contributed by atoms with van der Waals surface area (Å²) in [4.78, 5) is 36.8. The Labute approximate surface area is 120 Å². The van der Waals surface area contributed by atoms with Crippen molar-refractivity contribution in [2.45, 2.75) is 13.8 Å². The number of hydrogen-bond donors (Lipinski definition) is 1. The van der Waals surface area contributed by atoms with Crippen molar-refractivity contribution < 1.29 is 24.1 Å². The third kappa shape index (κ3) is 6.19. The monoisotopic (exact) mass is 294 g/mol. The van der Waals surface area contributed by atoms with Crippen LogP contribution in [0.3, 0.4) is 0 Å². The van der Waals surface area contributed by atoms with E-state index < -0.39 is 16.8 Å². The van der Waals surface area contributed by atoms with Crippen LogP contribution in [0.25, 0.3) is 0 Å². The zero-order chi connectivity index (χ0) is 15.8. The molecule has 0 spiro atoms. The summed E-state index contributed by atoms with van der Waals surface area (Å²) in [5.41, 5.74) is 2.57. The van der Waals surface area contributed by atoms with Gasteiger partial charge < -0.3 is 9.57 Å². The van der Waals surface area contributed by atoms with Gasteiger partial charge in [0.25, 0.3) is 11.6 Å². The fourth-order valence-electron chi connectivity index (χ4n) is 1.21. The number of allylic oxidation sites excluding steroid dienone is 1. The van der Waals surface area contributed by atoms with E-state index in [-0.39, 0.29) is 18.0 Å². The smallest absolute Gasteiger partial charge is 0.355 e. The van der Waals surface area contributed by atoms with Crippen LogP contribution < -0.4 is 10.2 Å². The molecule has 0 bridgehead atoms. The van der Waals surface area contributed by atoms with Crippen molar-refractivity contribution in [1.82, 2.24) is 5.48 Å². The minimum Gasteiger partial charge on any atom is -0.484 e. The van der Waals surface area contributed by atoms with Gasteiger partial charge >= 0.3 is 5.97 Å². The third-order valence-electron chi connectivity index (χ3n) is 2.09. The molecule has 8 heteroatoms. The second-order valence-electron chi connectivity index (χ2n) is 4.21. The van der Waals surface area contributed by atoms with Crippen LogP contribution >= 0.6 is 0 Å². The van der Waals surface area contributed by atoms with Gasteiger partial charge in [-0.3, -0.25) is 14.9 Å². The van der Waals surface area contributed by atoms with Crippen LogP contribution in [0.2, 0.25) is 0 Å². The maximum atomic E-state index is 11.3. The first-order chi connectivity index (χ1) is 9.88. The molecule has 1 aromatic rings. The SMILES string of the molecule is CC(C)=CC(=O)ONC(=O)COc1ccc([N+](=O)[O-])cc1. The van der Waals surface area contributed by atoms with Gasteiger partial charge in [-0.05, 0) is 26.0 Å². The molecule has 8 nitrogen and oxygen atoms in total. The van der Waals surface area contributed by atoms with E-state index in [1.807, 2.05) is 5.48 Å². The van der Waals surface area contributed by atoms with Crippen LogP contribution in [0, 0.1) is 10.1 Å². The first-order valence-corrected chi connectivity index (χ1v) is 5.90. The predicted octanol–water partition coefficient (Wildman–Crippen LogP) is 1.51.